The van der Waals surface area contributed by atoms with Gasteiger partial charge in [-0.05, 0) is 39.5 Å². The van der Waals surface area contributed by atoms with E-state index in [1.165, 1.54) is 54.7 Å². The van der Waals surface area contributed by atoms with Gasteiger partial charge < -0.3 is 9.97 Å². The van der Waals surface area contributed by atoms with Crippen LogP contribution in [0.3, 0.4) is 0 Å². The molecule has 1 aliphatic rings. The second-order valence-corrected chi connectivity index (χ2v) is 10.5. The van der Waals surface area contributed by atoms with E-state index in [2.05, 4.69) is 100 Å². The molecule has 2 heterocycles. The van der Waals surface area contributed by atoms with E-state index < -0.39 is 0 Å². The summed E-state index contributed by atoms with van der Waals surface area (Å²) in [5, 5.41) is 5.25. The Morgan fingerprint density at radius 1 is 0.586 bits per heavy atom. The van der Waals surface area contributed by atoms with Crippen LogP contribution in [-0.4, -0.2) is 9.97 Å². The largest absolute Gasteiger partial charge is 0.354 e. The molecule has 0 fully saturated rings. The van der Waals surface area contributed by atoms with E-state index in [1.54, 1.807) is 0 Å². The Morgan fingerprint density at radius 3 is 2.07 bits per heavy atom. The molecule has 0 atom stereocenters. The zero-order valence-corrected chi connectivity index (χ0v) is 18.1. The van der Waals surface area contributed by atoms with Crippen LogP contribution < -0.4 is 0 Å². The Bertz CT molecular complexity index is 1470. The van der Waals surface area contributed by atoms with Gasteiger partial charge >= 0.3 is 0 Å². The zero-order valence-electron chi connectivity index (χ0n) is 18.1. The lowest BCUT2D eigenvalue weighted by Crippen LogP contribution is -2.42. The first-order valence-electron chi connectivity index (χ1n) is 10.6. The van der Waals surface area contributed by atoms with Crippen LogP contribution in [0.4, 0.5) is 0 Å². The predicted molar refractivity (Wildman–Crippen MR) is 125 cm³/mol. The van der Waals surface area contributed by atoms with Crippen LogP contribution in [0, 0.1) is 5.41 Å². The molecule has 3 aromatic carbocycles. The summed E-state index contributed by atoms with van der Waals surface area (Å²) < 4.78 is 0. The summed E-state index contributed by atoms with van der Waals surface area (Å²) in [6, 6.07) is 17.8. The molecule has 2 heteroatoms. The smallest absolute Gasteiger partial charge is 0.0566 e. The van der Waals surface area contributed by atoms with Crippen LogP contribution in [-0.2, 0) is 10.8 Å². The lowest BCUT2D eigenvalue weighted by molar-refractivity contribution is 0.125. The Morgan fingerprint density at radius 2 is 1.28 bits per heavy atom. The van der Waals surface area contributed by atoms with Gasteiger partial charge in [-0.1, -0.05) is 77.9 Å². The van der Waals surface area contributed by atoms with Crippen LogP contribution in [0.5, 0.6) is 0 Å². The monoisotopic (exact) mass is 380 g/mol. The molecule has 5 aromatic rings. The van der Waals surface area contributed by atoms with Gasteiger partial charge in [-0.2, -0.15) is 0 Å². The number of benzene rings is 3. The fourth-order valence-corrected chi connectivity index (χ4v) is 5.98. The van der Waals surface area contributed by atoms with Gasteiger partial charge in [-0.3, -0.25) is 0 Å². The van der Waals surface area contributed by atoms with Gasteiger partial charge in [0.25, 0.3) is 0 Å². The maximum absolute atomic E-state index is 3.91. The van der Waals surface area contributed by atoms with Gasteiger partial charge in [-0.25, -0.2) is 0 Å². The van der Waals surface area contributed by atoms with E-state index in [-0.39, 0.29) is 16.2 Å². The van der Waals surface area contributed by atoms with Gasteiger partial charge in [0.05, 0.1) is 11.0 Å². The highest BCUT2D eigenvalue weighted by Crippen LogP contribution is 2.63. The van der Waals surface area contributed by atoms with Crippen molar-refractivity contribution < 1.29 is 0 Å². The van der Waals surface area contributed by atoms with Gasteiger partial charge in [0.1, 0.15) is 0 Å². The normalized spacial score (nSPS) is 19.5. The highest BCUT2D eigenvalue weighted by Gasteiger charge is 2.57. The van der Waals surface area contributed by atoms with Crippen molar-refractivity contribution in [2.45, 2.75) is 52.4 Å². The summed E-state index contributed by atoms with van der Waals surface area (Å²) in [7, 11) is 0. The summed E-state index contributed by atoms with van der Waals surface area (Å²) in [6.07, 6.45) is 0. The summed E-state index contributed by atoms with van der Waals surface area (Å²) in [4.78, 5) is 7.50. The van der Waals surface area contributed by atoms with Crippen molar-refractivity contribution in [3.63, 3.8) is 0 Å². The minimum atomic E-state index is 0.0749. The number of nitrogens with one attached hydrogen (secondary N) is 2. The summed E-state index contributed by atoms with van der Waals surface area (Å²) >= 11 is 0. The highest BCUT2D eigenvalue weighted by molar-refractivity contribution is 6.24. The summed E-state index contributed by atoms with van der Waals surface area (Å²) in [5.74, 6) is 0. The Balaban J connectivity index is 1.83. The number of hydrogen-bond acceptors (Lipinski definition) is 0. The molecule has 1 aliphatic carbocycles. The van der Waals surface area contributed by atoms with Crippen molar-refractivity contribution in [3.8, 4) is 0 Å². The zero-order chi connectivity index (χ0) is 20.3. The van der Waals surface area contributed by atoms with E-state index >= 15 is 0 Å². The van der Waals surface area contributed by atoms with E-state index in [1.807, 2.05) is 0 Å². The molecule has 0 saturated carbocycles. The lowest BCUT2D eigenvalue weighted by Gasteiger charge is -2.44. The number of hydrogen-bond donors (Lipinski definition) is 2. The quantitative estimate of drug-likeness (QED) is 0.278. The minimum Gasteiger partial charge on any atom is -0.354 e. The fraction of sp³-hybridized carbons (Fsp3) is 0.333. The van der Waals surface area contributed by atoms with Gasteiger partial charge in [0.15, 0.2) is 0 Å². The Kier molecular flexibility index (Phi) is 2.88. The molecule has 2 nitrogen and oxygen atoms in total. The number of fused-ring (bicyclic) bond motifs is 9. The van der Waals surface area contributed by atoms with Crippen molar-refractivity contribution in [3.05, 3.63) is 59.7 Å². The first-order valence-corrected chi connectivity index (χ1v) is 10.6. The minimum absolute atomic E-state index is 0.0749. The molecule has 0 aliphatic heterocycles. The number of aromatic amines is 2. The first-order chi connectivity index (χ1) is 13.7. The van der Waals surface area contributed by atoms with Crippen LogP contribution in [0.15, 0.2) is 48.5 Å². The van der Waals surface area contributed by atoms with Gasteiger partial charge in [0.2, 0.25) is 0 Å². The van der Waals surface area contributed by atoms with E-state index in [0.29, 0.717) is 0 Å². The van der Waals surface area contributed by atoms with Crippen molar-refractivity contribution in [2.24, 2.45) is 5.41 Å². The molecule has 29 heavy (non-hydrogen) atoms. The molecular formula is C27H28N2. The van der Waals surface area contributed by atoms with Gasteiger partial charge in [-0.15, -0.1) is 0 Å². The fourth-order valence-electron chi connectivity index (χ4n) is 5.98. The number of rotatable bonds is 0. The third-order valence-corrected chi connectivity index (χ3v) is 8.84. The van der Waals surface area contributed by atoms with Gasteiger partial charge in [0, 0.05) is 32.6 Å². The van der Waals surface area contributed by atoms with E-state index in [4.69, 9.17) is 0 Å². The molecule has 6 rings (SSSR count). The third kappa shape index (κ3) is 1.75. The molecule has 2 aromatic heterocycles. The molecule has 0 radical (unpaired) electrons. The van der Waals surface area contributed by atoms with Crippen molar-refractivity contribution >= 4 is 43.6 Å². The van der Waals surface area contributed by atoms with E-state index in [0.717, 1.165) is 0 Å². The molecule has 0 unspecified atom stereocenters. The summed E-state index contributed by atoms with van der Waals surface area (Å²) in [5.41, 5.74) is 8.29. The number of aromatic nitrogens is 2. The highest BCUT2D eigenvalue weighted by atomic mass is 14.8. The topological polar surface area (TPSA) is 31.6 Å². The Hall–Kier alpha value is -2.74. The average Bonchev–Trinajstić information content (AvgIpc) is 3.26. The maximum atomic E-state index is 3.91. The number of para-hydroxylation sites is 1. The number of H-pyrrole nitrogens is 2. The second kappa shape index (κ2) is 4.87. The standard InChI is InChI=1S/C27H28N2/c1-25(2)18-13-11-16-15-12-14-20-21(17-9-7-8-10-19(17)28-20)23(15)29-24(16)22(18)26(3,4)27(25,5)6/h7-14,28-29H,1-6H3. The van der Waals surface area contributed by atoms with Crippen LogP contribution in [0.1, 0.15) is 52.7 Å². The molecular weight excluding hydrogens is 352 g/mol. The molecule has 0 saturated heterocycles. The van der Waals surface area contributed by atoms with E-state index in [9.17, 15) is 0 Å². The van der Waals surface area contributed by atoms with Crippen LogP contribution in [0.25, 0.3) is 43.6 Å². The predicted octanol–water partition coefficient (Wildman–Crippen LogP) is 7.55. The Labute approximate surface area is 171 Å². The van der Waals surface area contributed by atoms with Crippen molar-refractivity contribution in [2.75, 3.05) is 0 Å². The summed E-state index contributed by atoms with van der Waals surface area (Å²) in [6.45, 7) is 14.5. The van der Waals surface area contributed by atoms with Crippen molar-refractivity contribution in [1.82, 2.24) is 9.97 Å². The van der Waals surface area contributed by atoms with Crippen LogP contribution in [0.2, 0.25) is 0 Å². The second-order valence-electron chi connectivity index (χ2n) is 10.5. The third-order valence-electron chi connectivity index (χ3n) is 8.84. The molecule has 2 N–H and O–H groups in total. The SMILES string of the molecule is CC1(C)c2ccc3c([nH]c4c3ccc3[nH]c5ccccc5c34)c2C(C)(C)C1(C)C. The van der Waals surface area contributed by atoms with Crippen molar-refractivity contribution in [1.29, 1.82) is 0 Å². The molecule has 0 bridgehead atoms. The molecule has 0 amide bonds. The molecule has 146 valence electrons. The maximum Gasteiger partial charge on any atom is 0.0566 e. The first kappa shape index (κ1) is 17.1. The van der Waals surface area contributed by atoms with Crippen LogP contribution >= 0.6 is 0 Å². The molecule has 0 spiro atoms. The average molecular weight is 381 g/mol. The lowest BCUT2D eigenvalue weighted by atomic mass is 9.59.